The van der Waals surface area contributed by atoms with E-state index in [2.05, 4.69) is 20.0 Å². The van der Waals surface area contributed by atoms with Crippen molar-refractivity contribution in [2.24, 2.45) is 5.92 Å². The van der Waals surface area contributed by atoms with E-state index >= 15 is 0 Å². The van der Waals surface area contributed by atoms with Gasteiger partial charge >= 0.3 is 0 Å². The summed E-state index contributed by atoms with van der Waals surface area (Å²) in [5.74, 6) is 1.83. The second-order valence-corrected chi connectivity index (χ2v) is 9.38. The maximum Gasteiger partial charge on any atom is 0.227 e. The number of fused-ring (bicyclic) bond motifs is 1. The number of imidazole rings is 1. The number of likely N-dealkylation sites (tertiary alicyclic amines) is 1. The molecule has 162 valence electrons. The van der Waals surface area contributed by atoms with Crippen molar-refractivity contribution in [1.82, 2.24) is 34.6 Å². The quantitative estimate of drug-likeness (QED) is 0.669. The molecule has 1 atom stereocenters. The Morgan fingerprint density at radius 2 is 1.97 bits per heavy atom. The molecule has 6 rings (SSSR count). The van der Waals surface area contributed by atoms with E-state index in [1.165, 1.54) is 0 Å². The number of anilines is 1. The average Bonchev–Trinajstić information content (AvgIpc) is 3.18. The maximum absolute atomic E-state index is 12.9. The van der Waals surface area contributed by atoms with Crippen LogP contribution in [0.15, 0.2) is 18.6 Å². The Morgan fingerprint density at radius 3 is 2.71 bits per heavy atom. The third-order valence-corrected chi connectivity index (χ3v) is 7.05. The van der Waals surface area contributed by atoms with Crippen LogP contribution in [0.25, 0.3) is 11.2 Å². The van der Waals surface area contributed by atoms with Gasteiger partial charge in [-0.3, -0.25) is 9.48 Å². The van der Waals surface area contributed by atoms with Crippen molar-refractivity contribution < 1.29 is 4.79 Å². The van der Waals surface area contributed by atoms with Gasteiger partial charge in [0, 0.05) is 32.4 Å². The second-order valence-electron chi connectivity index (χ2n) is 8.94. The van der Waals surface area contributed by atoms with Gasteiger partial charge in [0.05, 0.1) is 23.3 Å². The molecular formula is C21H25ClN8O. The van der Waals surface area contributed by atoms with Gasteiger partial charge in [0.2, 0.25) is 11.9 Å². The normalized spacial score (nSPS) is 22.9. The first-order valence-electron chi connectivity index (χ1n) is 11.1. The molecule has 2 aliphatic heterocycles. The third kappa shape index (κ3) is 3.26. The van der Waals surface area contributed by atoms with Crippen molar-refractivity contribution in [2.75, 3.05) is 31.1 Å². The van der Waals surface area contributed by atoms with Gasteiger partial charge < -0.3 is 14.8 Å². The molecule has 1 aliphatic carbocycles. The zero-order valence-corrected chi connectivity index (χ0v) is 18.1. The van der Waals surface area contributed by atoms with Crippen LogP contribution < -0.4 is 4.90 Å². The van der Waals surface area contributed by atoms with Crippen molar-refractivity contribution in [3.63, 3.8) is 0 Å². The molecule has 0 radical (unpaired) electrons. The first-order chi connectivity index (χ1) is 15.1. The Labute approximate surface area is 184 Å². The monoisotopic (exact) mass is 440 g/mol. The summed E-state index contributed by atoms with van der Waals surface area (Å²) in [7, 11) is 0. The molecule has 9 nitrogen and oxygen atoms in total. The molecule has 1 unspecified atom stereocenters. The van der Waals surface area contributed by atoms with Crippen LogP contribution in [0, 0.1) is 5.92 Å². The number of H-pyrrole nitrogens is 1. The summed E-state index contributed by atoms with van der Waals surface area (Å²) >= 11 is 6.07. The largest absolute Gasteiger partial charge is 0.342 e. The van der Waals surface area contributed by atoms with E-state index in [1.54, 1.807) is 12.4 Å². The zero-order chi connectivity index (χ0) is 21.0. The van der Waals surface area contributed by atoms with Crippen LogP contribution in [-0.2, 0) is 10.3 Å². The summed E-state index contributed by atoms with van der Waals surface area (Å²) in [6.45, 7) is 3.35. The third-order valence-electron chi connectivity index (χ3n) is 6.85. The lowest BCUT2D eigenvalue weighted by Crippen LogP contribution is -2.44. The number of hydrogen-bond acceptors (Lipinski definition) is 6. The summed E-state index contributed by atoms with van der Waals surface area (Å²) in [4.78, 5) is 34.5. The van der Waals surface area contributed by atoms with Gasteiger partial charge in [-0.15, -0.1) is 0 Å². The van der Waals surface area contributed by atoms with Crippen molar-refractivity contribution in [3.8, 4) is 0 Å². The Kier molecular flexibility index (Phi) is 4.41. The minimum Gasteiger partial charge on any atom is -0.342 e. The fourth-order valence-electron chi connectivity index (χ4n) is 4.96. The van der Waals surface area contributed by atoms with Crippen LogP contribution in [-0.4, -0.2) is 66.7 Å². The molecule has 1 amide bonds. The van der Waals surface area contributed by atoms with Gasteiger partial charge in [-0.05, 0) is 38.5 Å². The first-order valence-corrected chi connectivity index (χ1v) is 11.5. The number of nitrogens with one attached hydrogen (secondary N) is 1. The molecule has 2 saturated heterocycles. The number of halogens is 1. The minimum atomic E-state index is -0.271. The maximum atomic E-state index is 12.9. The Bertz CT molecular complexity index is 1130. The summed E-state index contributed by atoms with van der Waals surface area (Å²) in [6, 6.07) is 0. The Hall–Kier alpha value is -2.68. The highest BCUT2D eigenvalue weighted by Gasteiger charge is 2.50. The van der Waals surface area contributed by atoms with Crippen molar-refractivity contribution in [3.05, 3.63) is 29.4 Å². The number of hydrogen-bond donors (Lipinski definition) is 1. The van der Waals surface area contributed by atoms with Gasteiger partial charge in [0.1, 0.15) is 16.9 Å². The van der Waals surface area contributed by atoms with Gasteiger partial charge in [-0.25, -0.2) is 9.97 Å². The van der Waals surface area contributed by atoms with E-state index in [0.717, 1.165) is 75.1 Å². The predicted molar refractivity (Wildman–Crippen MR) is 116 cm³/mol. The highest BCUT2D eigenvalue weighted by atomic mass is 35.5. The zero-order valence-electron chi connectivity index (χ0n) is 17.3. The van der Waals surface area contributed by atoms with Gasteiger partial charge in [-0.2, -0.15) is 10.1 Å². The number of rotatable bonds is 4. The summed E-state index contributed by atoms with van der Waals surface area (Å²) in [5.41, 5.74) is 1.19. The number of amides is 1. The Balaban J connectivity index is 1.24. The second kappa shape index (κ2) is 7.19. The van der Waals surface area contributed by atoms with Crippen molar-refractivity contribution in [1.29, 1.82) is 0 Å². The number of piperidine rings is 1. The van der Waals surface area contributed by atoms with E-state index in [9.17, 15) is 4.79 Å². The molecule has 1 N–H and O–H groups in total. The highest BCUT2D eigenvalue weighted by Crippen LogP contribution is 2.48. The smallest absolute Gasteiger partial charge is 0.227 e. The molecule has 1 saturated carbocycles. The van der Waals surface area contributed by atoms with E-state index in [1.807, 2.05) is 15.8 Å². The van der Waals surface area contributed by atoms with Crippen LogP contribution >= 0.6 is 11.6 Å². The van der Waals surface area contributed by atoms with Gasteiger partial charge in [0.15, 0.2) is 5.65 Å². The molecule has 31 heavy (non-hydrogen) atoms. The number of aromatic nitrogens is 6. The van der Waals surface area contributed by atoms with Crippen LogP contribution in [0.5, 0.6) is 0 Å². The molecule has 0 spiro atoms. The Morgan fingerprint density at radius 1 is 1.13 bits per heavy atom. The fraction of sp³-hybridized carbons (Fsp3) is 0.571. The lowest BCUT2D eigenvalue weighted by molar-refractivity contribution is -0.134. The van der Waals surface area contributed by atoms with E-state index in [-0.39, 0.29) is 11.5 Å². The summed E-state index contributed by atoms with van der Waals surface area (Å²) in [6.07, 6.45) is 11.3. The molecule has 3 aromatic heterocycles. The average molecular weight is 441 g/mol. The van der Waals surface area contributed by atoms with Gasteiger partial charge in [-0.1, -0.05) is 11.6 Å². The van der Waals surface area contributed by atoms with Crippen LogP contribution in [0.4, 0.5) is 5.95 Å². The molecule has 10 heteroatoms. The number of nitrogens with zero attached hydrogens (tertiary/aromatic N) is 7. The molecular weight excluding hydrogens is 416 g/mol. The lowest BCUT2D eigenvalue weighted by Gasteiger charge is -2.33. The molecule has 3 aliphatic rings. The van der Waals surface area contributed by atoms with E-state index in [0.29, 0.717) is 23.4 Å². The van der Waals surface area contributed by atoms with E-state index < -0.39 is 0 Å². The number of carbonyl (C=O) groups excluding carboxylic acids is 1. The van der Waals surface area contributed by atoms with Crippen LogP contribution in [0.3, 0.4) is 0 Å². The molecule has 0 bridgehead atoms. The molecule has 3 aromatic rings. The number of aromatic amines is 1. The summed E-state index contributed by atoms with van der Waals surface area (Å²) in [5, 5.41) is 5.01. The van der Waals surface area contributed by atoms with Crippen LogP contribution in [0.1, 0.15) is 44.3 Å². The first kappa shape index (κ1) is 19.0. The summed E-state index contributed by atoms with van der Waals surface area (Å²) < 4.78 is 1.89. The van der Waals surface area contributed by atoms with Crippen molar-refractivity contribution >= 4 is 34.6 Å². The SMILES string of the molecule is O=C(C1CCCN(c2ncc3nc(C4(n5cc(Cl)cn5)CC4)[nH]c3n2)C1)N1CCCC1. The lowest BCUT2D eigenvalue weighted by atomic mass is 9.97. The fourth-order valence-corrected chi connectivity index (χ4v) is 5.09. The predicted octanol–water partition coefficient (Wildman–Crippen LogP) is 2.58. The standard InChI is InChI=1S/C21H25ClN8O/c22-15-10-24-30(13-15)21(5-6-21)19-25-16-11-23-20(27-17(16)26-19)29-9-3-4-14(12-29)18(31)28-7-1-2-8-28/h10-11,13-14H,1-9,12H2,(H,23,25,26,27). The van der Waals surface area contributed by atoms with E-state index in [4.69, 9.17) is 21.6 Å². The minimum absolute atomic E-state index is 0.0303. The molecule has 5 heterocycles. The van der Waals surface area contributed by atoms with Gasteiger partial charge in [0.25, 0.3) is 0 Å². The molecule has 3 fully saturated rings. The van der Waals surface area contributed by atoms with Crippen molar-refractivity contribution in [2.45, 2.75) is 44.1 Å². The molecule has 0 aromatic carbocycles. The highest BCUT2D eigenvalue weighted by molar-refractivity contribution is 6.30. The van der Waals surface area contributed by atoms with Crippen LogP contribution in [0.2, 0.25) is 5.02 Å². The number of carbonyl (C=O) groups is 1. The topological polar surface area (TPSA) is 95.8 Å².